The Bertz CT molecular complexity index is 899. The number of nitrogen functional groups attached to an aromatic ring is 1. The van der Waals surface area contributed by atoms with Crippen molar-refractivity contribution in [3.63, 3.8) is 0 Å². The second-order valence-electron chi connectivity index (χ2n) is 6.34. The number of carbonyl (C=O) groups is 1. The number of aromatic nitrogens is 1. The van der Waals surface area contributed by atoms with Crippen molar-refractivity contribution in [3.8, 4) is 0 Å². The summed E-state index contributed by atoms with van der Waals surface area (Å²) in [6.45, 7) is 0.832. The number of Topliss-reactive ketones (excluding diaryl/α,β-unsaturated/α-hetero) is 1. The normalized spacial score (nSPS) is 13.4. The topological polar surface area (TPSA) is 59.5 Å². The average molecular weight is 356 g/mol. The van der Waals surface area contributed by atoms with Crippen LogP contribution in [0.1, 0.15) is 34.5 Å². The Hall–Kier alpha value is -2.46. The number of rotatable bonds is 4. The molecule has 1 aliphatic rings. The second-order valence-corrected chi connectivity index (χ2v) is 6.34. The van der Waals surface area contributed by atoms with Crippen molar-refractivity contribution in [1.29, 1.82) is 0 Å². The molecule has 5 heteroatoms. The molecular weight excluding hydrogens is 334 g/mol. The molecule has 0 fully saturated rings. The lowest BCUT2D eigenvalue weighted by Crippen LogP contribution is -2.13. The number of ketones is 1. The van der Waals surface area contributed by atoms with Crippen LogP contribution in [-0.4, -0.2) is 16.7 Å². The highest BCUT2D eigenvalue weighted by atomic mass is 35.5. The molecule has 0 aliphatic heterocycles. The van der Waals surface area contributed by atoms with Crippen molar-refractivity contribution in [2.24, 2.45) is 0 Å². The highest BCUT2D eigenvalue weighted by Crippen LogP contribution is 2.30. The minimum absolute atomic E-state index is 0. The highest BCUT2D eigenvalue weighted by Gasteiger charge is 2.25. The van der Waals surface area contributed by atoms with Gasteiger partial charge in [-0.3, -0.25) is 4.79 Å². The molecule has 0 saturated carbocycles. The summed E-state index contributed by atoms with van der Waals surface area (Å²) in [6, 6.07) is 13.9. The van der Waals surface area contributed by atoms with E-state index in [4.69, 9.17) is 5.73 Å². The standard InChI is InChI=1S/C20H21N3O.ClH/c21-14-7-9-15(10-8-14)22-12-11-16-17-4-3-6-19(24)20(17)23-13-2-1-5-18(16)23;/h1-2,5,7-10,13,22H,3-4,6,11-12,21H2;1H. The fourth-order valence-electron chi connectivity index (χ4n) is 3.65. The third-order valence-corrected chi connectivity index (χ3v) is 4.77. The van der Waals surface area contributed by atoms with E-state index in [0.29, 0.717) is 6.42 Å². The zero-order valence-corrected chi connectivity index (χ0v) is 14.8. The number of carbonyl (C=O) groups excluding carboxylic acids is 1. The third kappa shape index (κ3) is 3.22. The van der Waals surface area contributed by atoms with Crippen LogP contribution in [0.3, 0.4) is 0 Å². The summed E-state index contributed by atoms with van der Waals surface area (Å²) >= 11 is 0. The lowest BCUT2D eigenvalue weighted by molar-refractivity contribution is 0.0966. The number of nitrogens with one attached hydrogen (secondary N) is 1. The van der Waals surface area contributed by atoms with Gasteiger partial charge in [0.1, 0.15) is 0 Å². The molecule has 1 aliphatic carbocycles. The summed E-state index contributed by atoms with van der Waals surface area (Å²) in [4.78, 5) is 12.4. The number of fused-ring (bicyclic) bond motifs is 3. The summed E-state index contributed by atoms with van der Waals surface area (Å²) in [6.07, 6.45) is 5.53. The number of nitrogens with zero attached hydrogens (tertiary/aromatic N) is 1. The van der Waals surface area contributed by atoms with Gasteiger partial charge in [0.25, 0.3) is 0 Å². The fraction of sp³-hybridized carbons (Fsp3) is 0.250. The van der Waals surface area contributed by atoms with Crippen LogP contribution >= 0.6 is 12.4 Å². The molecule has 1 aromatic carbocycles. The van der Waals surface area contributed by atoms with Gasteiger partial charge in [-0.2, -0.15) is 0 Å². The van der Waals surface area contributed by atoms with Crippen molar-refractivity contribution in [3.05, 3.63) is 65.5 Å². The summed E-state index contributed by atoms with van der Waals surface area (Å²) in [5.41, 5.74) is 12.2. The molecule has 2 aromatic heterocycles. The van der Waals surface area contributed by atoms with Gasteiger partial charge in [-0.1, -0.05) is 6.07 Å². The van der Waals surface area contributed by atoms with E-state index in [1.54, 1.807) is 0 Å². The van der Waals surface area contributed by atoms with Gasteiger partial charge in [-0.25, -0.2) is 0 Å². The maximum Gasteiger partial charge on any atom is 0.179 e. The first-order chi connectivity index (χ1) is 11.7. The van der Waals surface area contributed by atoms with Crippen LogP contribution in [0.2, 0.25) is 0 Å². The van der Waals surface area contributed by atoms with Gasteiger partial charge >= 0.3 is 0 Å². The second kappa shape index (κ2) is 7.19. The predicted octanol–water partition coefficient (Wildman–Crippen LogP) is 4.12. The molecule has 0 atom stereocenters. The SMILES string of the molecule is Cl.Nc1ccc(NCCc2c3c(n4ccccc24)C(=O)CCC3)cc1. The van der Waals surface area contributed by atoms with E-state index in [1.807, 2.05) is 42.6 Å². The number of benzene rings is 1. The molecule has 3 aromatic rings. The largest absolute Gasteiger partial charge is 0.399 e. The van der Waals surface area contributed by atoms with Crippen LogP contribution in [0.15, 0.2) is 48.7 Å². The van der Waals surface area contributed by atoms with Gasteiger partial charge in [0, 0.05) is 36.1 Å². The molecule has 0 amide bonds. The van der Waals surface area contributed by atoms with Gasteiger partial charge in [-0.15, -0.1) is 12.4 Å². The van der Waals surface area contributed by atoms with Gasteiger partial charge in [-0.05, 0) is 66.8 Å². The van der Waals surface area contributed by atoms with Gasteiger partial charge in [0.05, 0.1) is 5.69 Å². The fourth-order valence-corrected chi connectivity index (χ4v) is 3.65. The van der Waals surface area contributed by atoms with E-state index in [2.05, 4.69) is 15.8 Å². The highest BCUT2D eigenvalue weighted by molar-refractivity contribution is 5.99. The van der Waals surface area contributed by atoms with Crippen LogP contribution < -0.4 is 11.1 Å². The van der Waals surface area contributed by atoms with Gasteiger partial charge in [0.15, 0.2) is 5.78 Å². The molecule has 0 radical (unpaired) electrons. The van der Waals surface area contributed by atoms with Crippen LogP contribution in [0.25, 0.3) is 5.52 Å². The zero-order valence-electron chi connectivity index (χ0n) is 14.0. The van der Waals surface area contributed by atoms with E-state index in [1.165, 1.54) is 11.1 Å². The maximum absolute atomic E-state index is 12.4. The Balaban J connectivity index is 0.00000182. The lowest BCUT2D eigenvalue weighted by atomic mass is 9.92. The maximum atomic E-state index is 12.4. The Morgan fingerprint density at radius 3 is 2.68 bits per heavy atom. The van der Waals surface area contributed by atoms with Crippen LogP contribution in [0.5, 0.6) is 0 Å². The number of pyridine rings is 1. The van der Waals surface area contributed by atoms with E-state index < -0.39 is 0 Å². The monoisotopic (exact) mass is 355 g/mol. The van der Waals surface area contributed by atoms with E-state index in [-0.39, 0.29) is 18.2 Å². The molecule has 2 heterocycles. The smallest absolute Gasteiger partial charge is 0.179 e. The number of hydrogen-bond donors (Lipinski definition) is 2. The Morgan fingerprint density at radius 1 is 1.08 bits per heavy atom. The number of nitrogens with two attached hydrogens (primary N) is 1. The number of anilines is 2. The summed E-state index contributed by atoms with van der Waals surface area (Å²) in [5, 5.41) is 3.44. The molecule has 0 bridgehead atoms. The van der Waals surface area contributed by atoms with Crippen LogP contribution in [-0.2, 0) is 12.8 Å². The molecule has 0 spiro atoms. The minimum atomic E-state index is 0. The summed E-state index contributed by atoms with van der Waals surface area (Å²) < 4.78 is 2.08. The van der Waals surface area contributed by atoms with Crippen LogP contribution in [0, 0.1) is 0 Å². The molecular formula is C20H22ClN3O. The molecule has 25 heavy (non-hydrogen) atoms. The Morgan fingerprint density at radius 2 is 1.88 bits per heavy atom. The van der Waals surface area contributed by atoms with Crippen LogP contribution in [0.4, 0.5) is 11.4 Å². The quantitative estimate of drug-likeness (QED) is 0.692. The van der Waals surface area contributed by atoms with Crippen molar-refractivity contribution in [2.75, 3.05) is 17.6 Å². The zero-order chi connectivity index (χ0) is 16.5. The van der Waals surface area contributed by atoms with E-state index in [0.717, 1.165) is 48.4 Å². The molecule has 0 unspecified atom stereocenters. The summed E-state index contributed by atoms with van der Waals surface area (Å²) in [5.74, 6) is 0.273. The van der Waals surface area contributed by atoms with E-state index in [9.17, 15) is 4.79 Å². The lowest BCUT2D eigenvalue weighted by Gasteiger charge is -2.13. The third-order valence-electron chi connectivity index (χ3n) is 4.77. The van der Waals surface area contributed by atoms with E-state index >= 15 is 0 Å². The molecule has 4 nitrogen and oxygen atoms in total. The minimum Gasteiger partial charge on any atom is -0.399 e. The average Bonchev–Trinajstić information content (AvgIpc) is 2.92. The van der Waals surface area contributed by atoms with Gasteiger partial charge in [0.2, 0.25) is 0 Å². The Kier molecular flexibility index (Phi) is 5.00. The summed E-state index contributed by atoms with van der Waals surface area (Å²) in [7, 11) is 0. The number of hydrogen-bond acceptors (Lipinski definition) is 3. The molecule has 3 N–H and O–H groups in total. The first-order valence-corrected chi connectivity index (χ1v) is 8.47. The molecule has 130 valence electrons. The van der Waals surface area contributed by atoms with Crippen molar-refractivity contribution in [2.45, 2.75) is 25.7 Å². The molecule has 0 saturated heterocycles. The van der Waals surface area contributed by atoms with Crippen molar-refractivity contribution >= 4 is 35.1 Å². The van der Waals surface area contributed by atoms with Gasteiger partial charge < -0.3 is 15.5 Å². The predicted molar refractivity (Wildman–Crippen MR) is 105 cm³/mol. The first-order valence-electron chi connectivity index (χ1n) is 8.47. The number of halogens is 1. The van der Waals surface area contributed by atoms with Crippen molar-refractivity contribution < 1.29 is 4.79 Å². The molecule has 4 rings (SSSR count). The Labute approximate surface area is 153 Å². The first kappa shape index (κ1) is 17.4. The van der Waals surface area contributed by atoms with Crippen molar-refractivity contribution in [1.82, 2.24) is 4.40 Å².